The summed E-state index contributed by atoms with van der Waals surface area (Å²) in [6, 6.07) is 0. The van der Waals surface area contributed by atoms with Crippen molar-refractivity contribution in [1.82, 2.24) is 0 Å². The van der Waals surface area contributed by atoms with Gasteiger partial charge < -0.3 is 10.2 Å². The topological polar surface area (TPSA) is 101 Å². The first-order valence-electron chi connectivity index (χ1n) is 9.05. The largest absolute Gasteiger partial charge is 0.503 e. The van der Waals surface area contributed by atoms with E-state index >= 15 is 0 Å². The van der Waals surface area contributed by atoms with Crippen molar-refractivity contribution in [2.75, 3.05) is 6.61 Å². The molecule has 0 aliphatic heterocycles. The van der Waals surface area contributed by atoms with Crippen molar-refractivity contribution in [2.45, 2.75) is 72.6 Å². The Morgan fingerprint density at radius 3 is 2.20 bits per heavy atom. The summed E-state index contributed by atoms with van der Waals surface area (Å²) in [5.74, 6) is -0.0597. The average Bonchev–Trinajstić information content (AvgIpc) is 2.54. The average molecular weight is 357 g/mol. The number of hydrogen-bond acceptors (Lipinski definition) is 5. The Bertz CT molecular complexity index is 416. The van der Waals surface area contributed by atoms with E-state index in [2.05, 4.69) is 20.4 Å². The van der Waals surface area contributed by atoms with Gasteiger partial charge in [0, 0.05) is 12.5 Å². The van der Waals surface area contributed by atoms with Crippen LogP contribution in [0.25, 0.3) is 0 Å². The molecule has 0 aromatic carbocycles. The number of unbranched alkanes of at least 4 members (excludes halogenated alkanes) is 1. The van der Waals surface area contributed by atoms with Gasteiger partial charge in [0.15, 0.2) is 5.76 Å². The highest BCUT2D eigenvalue weighted by atomic mass is 16.6. The van der Waals surface area contributed by atoms with Gasteiger partial charge in [0.1, 0.15) is 5.78 Å². The third-order valence-electron chi connectivity index (χ3n) is 4.04. The molecule has 2 N–H and O–H groups in total. The highest BCUT2D eigenvalue weighted by Crippen LogP contribution is 2.13. The summed E-state index contributed by atoms with van der Waals surface area (Å²) in [7, 11) is 0. The number of hydrogen-bond donors (Lipinski definition) is 2. The lowest BCUT2D eigenvalue weighted by atomic mass is 9.98. The molecule has 146 valence electrons. The minimum atomic E-state index is -0.694. The van der Waals surface area contributed by atoms with Gasteiger partial charge in [0.05, 0.1) is 4.92 Å². The Morgan fingerprint density at radius 2 is 1.84 bits per heavy atom. The zero-order valence-corrected chi connectivity index (χ0v) is 16.2. The molecule has 2 atom stereocenters. The van der Waals surface area contributed by atoms with Crippen LogP contribution >= 0.6 is 0 Å². The Morgan fingerprint density at radius 1 is 1.24 bits per heavy atom. The minimum absolute atomic E-state index is 0.0499. The van der Waals surface area contributed by atoms with Crippen molar-refractivity contribution in [1.29, 1.82) is 0 Å². The fourth-order valence-corrected chi connectivity index (χ4v) is 2.20. The van der Waals surface area contributed by atoms with Gasteiger partial charge in [-0.1, -0.05) is 40.0 Å². The van der Waals surface area contributed by atoms with Crippen molar-refractivity contribution in [2.24, 2.45) is 11.8 Å². The Labute approximate surface area is 151 Å². The third kappa shape index (κ3) is 14.4. The molecule has 0 fully saturated rings. The summed E-state index contributed by atoms with van der Waals surface area (Å²) in [6.07, 6.45) is 8.30. The smallest absolute Gasteiger partial charge is 0.306 e. The number of ketones is 1. The van der Waals surface area contributed by atoms with Crippen molar-refractivity contribution in [3.63, 3.8) is 0 Å². The molecule has 6 nitrogen and oxygen atoms in total. The summed E-state index contributed by atoms with van der Waals surface area (Å²) in [5.41, 5.74) is -0.397. The van der Waals surface area contributed by atoms with E-state index < -0.39 is 16.4 Å². The standard InChI is InChI=1S/C10H15NO4.C9H20O/c1-7(8(2)12)5-4-6-10(9(3)13)11(14)15;1-3-5-7-9(8-10)6-4-2/h6-7,13H,3-5H2,1-2H3;9-10H,3-8H2,1-2H3/b10-6+;. The maximum absolute atomic E-state index is 10.9. The number of carbonyl (C=O) groups excluding carboxylic acids is 1. The van der Waals surface area contributed by atoms with Crippen LogP contribution in [0.2, 0.25) is 0 Å². The minimum Gasteiger partial charge on any atom is -0.503 e. The van der Waals surface area contributed by atoms with Crippen LogP contribution in [-0.2, 0) is 4.79 Å². The van der Waals surface area contributed by atoms with Gasteiger partial charge in [-0.15, -0.1) is 0 Å². The number of carbonyl (C=O) groups is 1. The van der Waals surface area contributed by atoms with Crippen LogP contribution in [0.5, 0.6) is 0 Å². The molecule has 0 aromatic heterocycles. The monoisotopic (exact) mass is 357 g/mol. The van der Waals surface area contributed by atoms with Crippen LogP contribution in [0.3, 0.4) is 0 Å². The zero-order valence-electron chi connectivity index (χ0n) is 16.2. The lowest BCUT2D eigenvalue weighted by molar-refractivity contribution is -0.424. The maximum atomic E-state index is 10.9. The van der Waals surface area contributed by atoms with E-state index in [9.17, 15) is 14.9 Å². The molecule has 0 aliphatic rings. The zero-order chi connectivity index (χ0) is 19.8. The van der Waals surface area contributed by atoms with Crippen molar-refractivity contribution in [3.05, 3.63) is 34.2 Å². The molecular formula is C19H35NO5. The number of nitro groups is 1. The molecule has 0 bridgehead atoms. The molecule has 0 aromatic rings. The Kier molecular flexibility index (Phi) is 16.2. The Hall–Kier alpha value is -1.69. The second-order valence-electron chi connectivity index (χ2n) is 6.36. The summed E-state index contributed by atoms with van der Waals surface area (Å²) in [5, 5.41) is 28.2. The molecule has 0 heterocycles. The summed E-state index contributed by atoms with van der Waals surface area (Å²) < 4.78 is 0. The van der Waals surface area contributed by atoms with E-state index in [1.807, 2.05) is 0 Å². The first-order valence-corrected chi connectivity index (χ1v) is 9.05. The Balaban J connectivity index is 0. The quantitative estimate of drug-likeness (QED) is 0.226. The van der Waals surface area contributed by atoms with Crippen molar-refractivity contribution in [3.8, 4) is 0 Å². The number of rotatable bonds is 12. The SMILES string of the molecule is C=C(O)/C(=C\CCC(C)C(C)=O)[N+](=O)[O-].CCCCC(CO)CCC. The predicted octanol–water partition coefficient (Wildman–Crippen LogP) is 4.81. The number of aliphatic hydroxyl groups excluding tert-OH is 2. The van der Waals surface area contributed by atoms with Gasteiger partial charge in [-0.3, -0.25) is 14.9 Å². The third-order valence-corrected chi connectivity index (χ3v) is 4.04. The number of nitrogens with zero attached hydrogens (tertiary/aromatic N) is 1. The normalized spacial score (nSPS) is 13.4. The van der Waals surface area contributed by atoms with E-state index in [0.29, 0.717) is 25.4 Å². The maximum Gasteiger partial charge on any atom is 0.306 e. The van der Waals surface area contributed by atoms with Crippen molar-refractivity contribution < 1.29 is 19.9 Å². The van der Waals surface area contributed by atoms with Gasteiger partial charge in [-0.25, -0.2) is 0 Å². The number of Topliss-reactive ketones (excluding diaryl/α,β-unsaturated/α-hetero) is 1. The van der Waals surface area contributed by atoms with E-state index in [0.717, 1.165) is 0 Å². The molecule has 0 amide bonds. The first kappa shape index (κ1) is 25.5. The van der Waals surface area contributed by atoms with Gasteiger partial charge in [-0.05, 0) is 51.2 Å². The van der Waals surface area contributed by atoms with Gasteiger partial charge in [-0.2, -0.15) is 0 Å². The van der Waals surface area contributed by atoms with Crippen LogP contribution < -0.4 is 0 Å². The summed E-state index contributed by atoms with van der Waals surface area (Å²) in [6.45, 7) is 11.1. The fourth-order valence-electron chi connectivity index (χ4n) is 2.20. The molecule has 0 saturated carbocycles. The summed E-state index contributed by atoms with van der Waals surface area (Å²) >= 11 is 0. The lowest BCUT2D eigenvalue weighted by Gasteiger charge is -2.10. The van der Waals surface area contributed by atoms with E-state index in [4.69, 9.17) is 10.2 Å². The number of allylic oxidation sites excluding steroid dienone is 1. The molecule has 25 heavy (non-hydrogen) atoms. The first-order chi connectivity index (χ1) is 11.7. The number of aliphatic hydroxyl groups is 2. The second kappa shape index (κ2) is 15.8. The molecule has 0 saturated heterocycles. The molecule has 0 aliphatic carbocycles. The van der Waals surface area contributed by atoms with Crippen LogP contribution in [0.1, 0.15) is 72.6 Å². The van der Waals surface area contributed by atoms with E-state index in [-0.39, 0.29) is 11.7 Å². The predicted molar refractivity (Wildman–Crippen MR) is 101 cm³/mol. The van der Waals surface area contributed by atoms with E-state index in [1.54, 1.807) is 6.92 Å². The highest BCUT2D eigenvalue weighted by molar-refractivity contribution is 5.77. The van der Waals surface area contributed by atoms with Gasteiger partial charge >= 0.3 is 5.70 Å². The molecule has 6 heteroatoms. The lowest BCUT2D eigenvalue weighted by Crippen LogP contribution is -2.06. The van der Waals surface area contributed by atoms with Crippen LogP contribution in [-0.4, -0.2) is 27.5 Å². The van der Waals surface area contributed by atoms with Crippen LogP contribution in [0.15, 0.2) is 24.1 Å². The van der Waals surface area contributed by atoms with Crippen molar-refractivity contribution >= 4 is 5.78 Å². The van der Waals surface area contributed by atoms with Gasteiger partial charge in [0.2, 0.25) is 0 Å². The summed E-state index contributed by atoms with van der Waals surface area (Å²) in [4.78, 5) is 20.6. The van der Waals surface area contributed by atoms with Gasteiger partial charge in [0.25, 0.3) is 0 Å². The van der Waals surface area contributed by atoms with E-state index in [1.165, 1.54) is 45.1 Å². The molecule has 0 rings (SSSR count). The molecule has 0 radical (unpaired) electrons. The van der Waals surface area contributed by atoms with Crippen LogP contribution in [0.4, 0.5) is 0 Å². The highest BCUT2D eigenvalue weighted by Gasteiger charge is 2.14. The fraction of sp³-hybridized carbons (Fsp3) is 0.737. The molecule has 0 spiro atoms. The second-order valence-corrected chi connectivity index (χ2v) is 6.36. The molecular weight excluding hydrogens is 322 g/mol. The van der Waals surface area contributed by atoms with Crippen LogP contribution in [0, 0.1) is 22.0 Å². The molecule has 2 unspecified atom stereocenters.